The SMILES string of the molecule is Cc1cccc(C)c1B1Oc2ccccc2N1c1cc(C(C)(C)C)ccn1. The molecule has 0 atom stereocenters. The molecule has 2 aromatic carbocycles. The summed E-state index contributed by atoms with van der Waals surface area (Å²) in [5, 5.41) is 0. The standard InChI is InChI=1S/C23H25BN2O/c1-16-9-8-10-17(2)22(16)24-26(19-11-6-7-12-20(19)27-24)21-15-18(13-14-25-21)23(3,4)5/h6-15H,1-5H3. The van der Waals surface area contributed by atoms with E-state index in [1.54, 1.807) is 0 Å². The third kappa shape index (κ3) is 3.10. The van der Waals surface area contributed by atoms with Gasteiger partial charge in [-0.3, -0.25) is 0 Å². The summed E-state index contributed by atoms with van der Waals surface area (Å²) in [6, 6.07) is 18.9. The monoisotopic (exact) mass is 356 g/mol. The number of hydrogen-bond donors (Lipinski definition) is 0. The van der Waals surface area contributed by atoms with Gasteiger partial charge in [0.15, 0.2) is 0 Å². The number of aromatic nitrogens is 1. The number of aryl methyl sites for hydroxylation is 2. The van der Waals surface area contributed by atoms with Crippen LogP contribution in [0.1, 0.15) is 37.5 Å². The van der Waals surface area contributed by atoms with Gasteiger partial charge in [0.25, 0.3) is 0 Å². The highest BCUT2D eigenvalue weighted by Gasteiger charge is 2.41. The second-order valence-electron chi connectivity index (χ2n) is 8.27. The summed E-state index contributed by atoms with van der Waals surface area (Å²) >= 11 is 0. The minimum atomic E-state index is -0.216. The summed E-state index contributed by atoms with van der Waals surface area (Å²) in [4.78, 5) is 6.94. The molecule has 3 nitrogen and oxygen atoms in total. The summed E-state index contributed by atoms with van der Waals surface area (Å²) in [7, 11) is -0.216. The van der Waals surface area contributed by atoms with Gasteiger partial charge in [0.05, 0.1) is 5.69 Å². The van der Waals surface area contributed by atoms with E-state index in [1.165, 1.54) is 22.2 Å². The third-order valence-electron chi connectivity index (χ3n) is 5.25. The molecule has 1 aliphatic heterocycles. The molecule has 0 saturated heterocycles. The maximum Gasteiger partial charge on any atom is 0.526 e. The number of pyridine rings is 1. The van der Waals surface area contributed by atoms with Gasteiger partial charge >= 0.3 is 7.05 Å². The molecular formula is C23H25BN2O. The van der Waals surface area contributed by atoms with Crippen molar-refractivity contribution in [2.24, 2.45) is 0 Å². The minimum absolute atomic E-state index is 0.0614. The van der Waals surface area contributed by atoms with Gasteiger partial charge < -0.3 is 9.47 Å². The summed E-state index contributed by atoms with van der Waals surface area (Å²) in [5.74, 6) is 1.81. The smallest absolute Gasteiger partial charge is 0.526 e. The molecule has 0 bridgehead atoms. The minimum Gasteiger partial charge on any atom is -0.536 e. The van der Waals surface area contributed by atoms with Crippen molar-refractivity contribution in [1.82, 2.24) is 4.98 Å². The van der Waals surface area contributed by atoms with Crippen LogP contribution in [0.2, 0.25) is 0 Å². The van der Waals surface area contributed by atoms with E-state index in [4.69, 9.17) is 9.64 Å². The number of anilines is 2. The zero-order valence-corrected chi connectivity index (χ0v) is 16.7. The average molecular weight is 356 g/mol. The van der Waals surface area contributed by atoms with Crippen molar-refractivity contribution in [1.29, 1.82) is 0 Å². The van der Waals surface area contributed by atoms with E-state index in [0.29, 0.717) is 0 Å². The molecule has 0 radical (unpaired) electrons. The van der Waals surface area contributed by atoms with E-state index in [9.17, 15) is 0 Å². The molecule has 1 aliphatic rings. The van der Waals surface area contributed by atoms with Gasteiger partial charge in [-0.05, 0) is 54.6 Å². The molecule has 1 aromatic heterocycles. The normalized spacial score (nSPS) is 13.5. The summed E-state index contributed by atoms with van der Waals surface area (Å²) < 4.78 is 6.43. The van der Waals surface area contributed by atoms with Crippen LogP contribution in [0.15, 0.2) is 60.8 Å². The third-order valence-corrected chi connectivity index (χ3v) is 5.25. The van der Waals surface area contributed by atoms with Gasteiger partial charge in [0, 0.05) is 6.20 Å². The Kier molecular flexibility index (Phi) is 4.22. The second kappa shape index (κ2) is 6.45. The molecule has 3 aromatic rings. The van der Waals surface area contributed by atoms with Crippen molar-refractivity contribution in [2.45, 2.75) is 40.0 Å². The Morgan fingerprint density at radius 1 is 0.926 bits per heavy atom. The fraction of sp³-hybridized carbons (Fsp3) is 0.261. The predicted molar refractivity (Wildman–Crippen MR) is 113 cm³/mol. The van der Waals surface area contributed by atoms with Crippen LogP contribution in [0.3, 0.4) is 0 Å². The first-order chi connectivity index (χ1) is 12.9. The lowest BCUT2D eigenvalue weighted by Gasteiger charge is -2.26. The molecule has 0 N–H and O–H groups in total. The van der Waals surface area contributed by atoms with Gasteiger partial charge in [-0.2, -0.15) is 0 Å². The Hall–Kier alpha value is -2.75. The second-order valence-corrected chi connectivity index (χ2v) is 8.27. The van der Waals surface area contributed by atoms with Gasteiger partial charge in [-0.15, -0.1) is 0 Å². The average Bonchev–Trinajstić information content (AvgIpc) is 3.00. The summed E-state index contributed by atoms with van der Waals surface area (Å²) in [6.45, 7) is 11.0. The van der Waals surface area contributed by atoms with Crippen molar-refractivity contribution in [3.05, 3.63) is 77.5 Å². The van der Waals surface area contributed by atoms with Gasteiger partial charge in [-0.1, -0.05) is 62.2 Å². The van der Waals surface area contributed by atoms with Crippen LogP contribution in [0.5, 0.6) is 5.75 Å². The molecule has 4 rings (SSSR count). The Morgan fingerprint density at radius 2 is 1.63 bits per heavy atom. The highest BCUT2D eigenvalue weighted by atomic mass is 16.5. The van der Waals surface area contributed by atoms with Crippen LogP contribution in [-0.2, 0) is 5.41 Å². The zero-order valence-electron chi connectivity index (χ0n) is 16.7. The number of rotatable bonds is 2. The van der Waals surface area contributed by atoms with Crippen LogP contribution < -0.4 is 14.9 Å². The Morgan fingerprint density at radius 3 is 2.33 bits per heavy atom. The van der Waals surface area contributed by atoms with Crippen molar-refractivity contribution >= 4 is 24.0 Å². The number of nitrogens with zero attached hydrogens (tertiary/aromatic N) is 2. The van der Waals surface area contributed by atoms with Crippen molar-refractivity contribution < 1.29 is 4.65 Å². The van der Waals surface area contributed by atoms with E-state index < -0.39 is 0 Å². The topological polar surface area (TPSA) is 25.4 Å². The lowest BCUT2D eigenvalue weighted by Crippen LogP contribution is -2.49. The summed E-state index contributed by atoms with van der Waals surface area (Å²) in [6.07, 6.45) is 1.90. The Labute approximate surface area is 162 Å². The molecule has 0 unspecified atom stereocenters. The van der Waals surface area contributed by atoms with Crippen molar-refractivity contribution in [2.75, 3.05) is 4.81 Å². The number of benzene rings is 2. The lowest BCUT2D eigenvalue weighted by atomic mass is 9.67. The molecule has 0 aliphatic carbocycles. The molecule has 2 heterocycles. The maximum atomic E-state index is 6.43. The van der Waals surface area contributed by atoms with Gasteiger partial charge in [0.2, 0.25) is 0 Å². The zero-order chi connectivity index (χ0) is 19.2. The van der Waals surface area contributed by atoms with E-state index in [2.05, 4.69) is 81.9 Å². The molecule has 136 valence electrons. The fourth-order valence-corrected chi connectivity index (χ4v) is 3.72. The van der Waals surface area contributed by atoms with E-state index in [-0.39, 0.29) is 12.5 Å². The van der Waals surface area contributed by atoms with Crippen LogP contribution in [0, 0.1) is 13.8 Å². The van der Waals surface area contributed by atoms with Crippen molar-refractivity contribution in [3.63, 3.8) is 0 Å². The molecule has 27 heavy (non-hydrogen) atoms. The van der Waals surface area contributed by atoms with Crippen LogP contribution >= 0.6 is 0 Å². The number of para-hydroxylation sites is 2. The first-order valence-electron chi connectivity index (χ1n) is 9.44. The predicted octanol–water partition coefficient (Wildman–Crippen LogP) is 4.92. The highest BCUT2D eigenvalue weighted by molar-refractivity contribution is 6.75. The Balaban J connectivity index is 1.89. The van der Waals surface area contributed by atoms with Gasteiger partial charge in [-0.25, -0.2) is 4.98 Å². The summed E-state index contributed by atoms with van der Waals surface area (Å²) in [5.41, 5.74) is 6.04. The van der Waals surface area contributed by atoms with Crippen LogP contribution in [-0.4, -0.2) is 12.0 Å². The molecular weight excluding hydrogens is 331 g/mol. The highest BCUT2D eigenvalue weighted by Crippen LogP contribution is 2.40. The Bertz CT molecular complexity index is 973. The molecule has 0 saturated carbocycles. The molecule has 0 amide bonds. The maximum absolute atomic E-state index is 6.43. The first kappa shape index (κ1) is 17.7. The van der Waals surface area contributed by atoms with E-state index >= 15 is 0 Å². The fourth-order valence-electron chi connectivity index (χ4n) is 3.72. The van der Waals surface area contributed by atoms with Crippen molar-refractivity contribution in [3.8, 4) is 5.75 Å². The molecule has 0 fully saturated rings. The molecule has 4 heteroatoms. The van der Waals surface area contributed by atoms with Crippen LogP contribution in [0.4, 0.5) is 11.5 Å². The van der Waals surface area contributed by atoms with E-state index in [0.717, 1.165) is 17.3 Å². The van der Waals surface area contributed by atoms with Crippen LogP contribution in [0.25, 0.3) is 0 Å². The van der Waals surface area contributed by atoms with Gasteiger partial charge in [0.1, 0.15) is 11.6 Å². The lowest BCUT2D eigenvalue weighted by molar-refractivity contribution is 0.589. The first-order valence-corrected chi connectivity index (χ1v) is 9.44. The quantitative estimate of drug-likeness (QED) is 0.610. The number of hydrogen-bond acceptors (Lipinski definition) is 3. The molecule has 0 spiro atoms. The van der Waals surface area contributed by atoms with E-state index in [1.807, 2.05) is 18.3 Å². The largest absolute Gasteiger partial charge is 0.536 e. The number of fused-ring (bicyclic) bond motifs is 1.